The van der Waals surface area contributed by atoms with Crippen LogP contribution in [0, 0.1) is 0 Å². The van der Waals surface area contributed by atoms with E-state index >= 15 is 0 Å². The van der Waals surface area contributed by atoms with Crippen LogP contribution >= 0.6 is 0 Å². The molecular weight excluding hydrogens is 518 g/mol. The first-order chi connectivity index (χ1) is 20.8. The van der Waals surface area contributed by atoms with Crippen molar-refractivity contribution in [2.24, 2.45) is 0 Å². The smallest absolute Gasteiger partial charge is 0.335 e. The van der Waals surface area contributed by atoms with E-state index in [1.165, 1.54) is 21.8 Å². The highest BCUT2D eigenvalue weighted by Gasteiger charge is 2.44. The third-order valence-electron chi connectivity index (χ3n) is 8.92. The minimum absolute atomic E-state index is 0.0739. The molecule has 0 spiro atoms. The Balaban J connectivity index is 1.27. The topological polar surface area (TPSA) is 45.5 Å². The number of pyridine rings is 1. The number of hydrogen-bond donors (Lipinski definition) is 0. The summed E-state index contributed by atoms with van der Waals surface area (Å²) in [5.41, 5.74) is 7.66. The summed E-state index contributed by atoms with van der Waals surface area (Å²) in [6.45, 7) is -0.185. The Morgan fingerprint density at radius 3 is 1.95 bits per heavy atom. The van der Waals surface area contributed by atoms with E-state index in [1.54, 1.807) is 6.20 Å². The Bertz CT molecular complexity index is 2220. The zero-order valence-electron chi connectivity index (χ0n) is 22.3. The van der Waals surface area contributed by atoms with Gasteiger partial charge in [-0.15, -0.1) is 0 Å². The van der Waals surface area contributed by atoms with Gasteiger partial charge < -0.3 is 18.7 Å². The molecule has 7 aromatic rings. The number of fused-ring (bicyclic) bond motifs is 10. The number of benzene rings is 5. The molecule has 0 radical (unpaired) electrons. The van der Waals surface area contributed by atoms with Crippen molar-refractivity contribution in [1.29, 1.82) is 0 Å². The fourth-order valence-electron chi connectivity index (χ4n) is 7.22. The quantitative estimate of drug-likeness (QED) is 0.285. The summed E-state index contributed by atoms with van der Waals surface area (Å²) < 4.78 is 22.2. The second-order valence-electron chi connectivity index (χ2n) is 11.1. The maximum Gasteiger partial charge on any atom is 0.335 e. The second kappa shape index (κ2) is 8.08. The van der Waals surface area contributed by atoms with E-state index in [-0.39, 0.29) is 13.6 Å². The summed E-state index contributed by atoms with van der Waals surface area (Å²) >= 11 is 0. The van der Waals surface area contributed by atoms with Gasteiger partial charge in [0, 0.05) is 33.5 Å². The van der Waals surface area contributed by atoms with Crippen molar-refractivity contribution in [1.82, 2.24) is 9.46 Å². The Labute approximate surface area is 242 Å². The highest BCUT2D eigenvalue weighted by atomic mass is 16.5. The molecule has 7 heteroatoms. The van der Waals surface area contributed by atoms with Gasteiger partial charge in [0.25, 0.3) is 6.71 Å². The molecule has 42 heavy (non-hydrogen) atoms. The third-order valence-corrected chi connectivity index (χ3v) is 8.92. The zero-order valence-corrected chi connectivity index (χ0v) is 22.3. The molecule has 0 fully saturated rings. The van der Waals surface area contributed by atoms with Gasteiger partial charge in [-0.2, -0.15) is 0 Å². The van der Waals surface area contributed by atoms with E-state index < -0.39 is 0 Å². The second-order valence-corrected chi connectivity index (χ2v) is 11.1. The lowest BCUT2D eigenvalue weighted by Gasteiger charge is -2.35. The summed E-state index contributed by atoms with van der Waals surface area (Å²) in [6.07, 6.45) is 1.77. The van der Waals surface area contributed by atoms with Gasteiger partial charge in [0.2, 0.25) is 5.88 Å². The number of aromatic nitrogens is 2. The number of para-hydroxylation sites is 3. The van der Waals surface area contributed by atoms with E-state index in [2.05, 4.69) is 94.4 Å². The fourth-order valence-corrected chi connectivity index (χ4v) is 7.22. The van der Waals surface area contributed by atoms with Crippen LogP contribution in [0.4, 0.5) is 0 Å². The molecule has 0 unspecified atom stereocenters. The van der Waals surface area contributed by atoms with Gasteiger partial charge in [0.05, 0.1) is 0 Å². The minimum Gasteiger partial charge on any atom is -0.454 e. The molecule has 0 atom stereocenters. The minimum atomic E-state index is -0.111. The molecule has 194 valence electrons. The molecule has 0 saturated heterocycles. The van der Waals surface area contributed by atoms with Gasteiger partial charge in [0.15, 0.2) is 11.5 Å². The van der Waals surface area contributed by atoms with E-state index in [4.69, 9.17) is 14.2 Å². The van der Waals surface area contributed by atoms with Crippen LogP contribution in [-0.4, -0.2) is 23.0 Å². The molecule has 2 aromatic heterocycles. The Morgan fingerprint density at radius 1 is 0.500 bits per heavy atom. The van der Waals surface area contributed by atoms with Crippen LogP contribution in [0.15, 0.2) is 121 Å². The van der Waals surface area contributed by atoms with E-state index in [0.29, 0.717) is 5.88 Å². The van der Waals surface area contributed by atoms with Crippen LogP contribution in [0.2, 0.25) is 0 Å². The molecule has 0 amide bonds. The molecule has 5 nitrogen and oxygen atoms in total. The maximum atomic E-state index is 6.79. The van der Waals surface area contributed by atoms with Crippen molar-refractivity contribution in [2.75, 3.05) is 0 Å². The molecule has 5 heterocycles. The predicted octanol–water partition coefficient (Wildman–Crippen LogP) is 4.68. The van der Waals surface area contributed by atoms with Crippen molar-refractivity contribution in [3.05, 3.63) is 121 Å². The average molecular weight is 538 g/mol. The first-order valence-electron chi connectivity index (χ1n) is 14.2. The monoisotopic (exact) mass is 538 g/mol. The lowest BCUT2D eigenvalue weighted by atomic mass is 9.34. The summed E-state index contributed by atoms with van der Waals surface area (Å²) in [7, 11) is 0. The van der Waals surface area contributed by atoms with Crippen LogP contribution in [0.25, 0.3) is 21.8 Å². The lowest BCUT2D eigenvalue weighted by Crippen LogP contribution is -2.59. The SMILES string of the molecule is c1ccc2c(c1)Oc1c(ccc3c1Oc1cccc4c1B3c1cccnc1O4)B2n1c2ccccc2c2ccccc21. The highest BCUT2D eigenvalue weighted by Crippen LogP contribution is 2.41. The summed E-state index contributed by atoms with van der Waals surface area (Å²) in [5.74, 6) is 4.53. The van der Waals surface area contributed by atoms with Crippen molar-refractivity contribution in [3.63, 3.8) is 0 Å². The summed E-state index contributed by atoms with van der Waals surface area (Å²) in [6, 6.07) is 40.1. The molecule has 0 bridgehead atoms. The molecule has 3 aliphatic heterocycles. The molecule has 0 N–H and O–H groups in total. The van der Waals surface area contributed by atoms with E-state index in [9.17, 15) is 0 Å². The number of ether oxygens (including phenoxy) is 3. The van der Waals surface area contributed by atoms with Gasteiger partial charge in [-0.3, -0.25) is 0 Å². The van der Waals surface area contributed by atoms with Gasteiger partial charge in [-0.05, 0) is 58.2 Å². The molecule has 5 aromatic carbocycles. The first kappa shape index (κ1) is 22.3. The summed E-state index contributed by atoms with van der Waals surface area (Å²) in [4.78, 5) is 4.57. The Morgan fingerprint density at radius 2 is 1.12 bits per heavy atom. The van der Waals surface area contributed by atoms with Crippen molar-refractivity contribution in [3.8, 4) is 34.6 Å². The number of hydrogen-bond acceptors (Lipinski definition) is 4. The maximum absolute atomic E-state index is 6.79. The van der Waals surface area contributed by atoms with Crippen molar-refractivity contribution in [2.45, 2.75) is 0 Å². The first-order valence-corrected chi connectivity index (χ1v) is 14.2. The number of nitrogens with zero attached hydrogens (tertiary/aromatic N) is 2. The molecule has 0 aliphatic carbocycles. The Kier molecular flexibility index (Phi) is 4.29. The van der Waals surface area contributed by atoms with Crippen LogP contribution < -0.4 is 41.5 Å². The third kappa shape index (κ3) is 2.82. The van der Waals surface area contributed by atoms with Crippen LogP contribution in [0.1, 0.15) is 0 Å². The highest BCUT2D eigenvalue weighted by molar-refractivity contribution is 6.98. The summed E-state index contributed by atoms with van der Waals surface area (Å²) in [5, 5.41) is 2.47. The lowest BCUT2D eigenvalue weighted by molar-refractivity contribution is 0.419. The molecule has 3 aliphatic rings. The van der Waals surface area contributed by atoms with Crippen molar-refractivity contribution < 1.29 is 14.2 Å². The van der Waals surface area contributed by atoms with Crippen molar-refractivity contribution >= 4 is 62.7 Å². The van der Waals surface area contributed by atoms with Crippen LogP contribution in [-0.2, 0) is 0 Å². The van der Waals surface area contributed by atoms with Gasteiger partial charge >= 0.3 is 6.85 Å². The van der Waals surface area contributed by atoms with Crippen LogP contribution in [0.5, 0.6) is 34.6 Å². The zero-order chi connectivity index (χ0) is 27.4. The molecular formula is C35H20B2N2O3. The van der Waals surface area contributed by atoms with Gasteiger partial charge in [-0.1, -0.05) is 78.9 Å². The normalized spacial score (nSPS) is 13.7. The molecule has 10 rings (SSSR count). The van der Waals surface area contributed by atoms with E-state index in [1.807, 2.05) is 30.3 Å². The van der Waals surface area contributed by atoms with Crippen LogP contribution in [0.3, 0.4) is 0 Å². The standard InChI is InChI=1S/C35H20B2N2O3/c1-4-13-27-21(9-1)22-10-2-5-14-28(22)39(27)37-23-11-3-6-15-29(23)40-34-25(37)19-18-24-33(34)41-30-16-7-17-31-32(30)36(24)26-12-8-20-38-35(26)42-31/h1-20H. The Hall–Kier alpha value is -5.42. The van der Waals surface area contributed by atoms with Gasteiger partial charge in [-0.25, -0.2) is 4.98 Å². The fraction of sp³-hybridized carbons (Fsp3) is 0. The van der Waals surface area contributed by atoms with Gasteiger partial charge in [0.1, 0.15) is 17.2 Å². The average Bonchev–Trinajstić information content (AvgIpc) is 3.37. The molecule has 0 saturated carbocycles. The predicted molar refractivity (Wildman–Crippen MR) is 168 cm³/mol. The van der Waals surface area contributed by atoms with E-state index in [0.717, 1.165) is 56.1 Å². The largest absolute Gasteiger partial charge is 0.454 e. The number of rotatable bonds is 1.